The van der Waals surface area contributed by atoms with E-state index >= 15 is 0 Å². The van der Waals surface area contributed by atoms with Crippen LogP contribution in [0.15, 0.2) is 54.7 Å². The van der Waals surface area contributed by atoms with Gasteiger partial charge in [-0.2, -0.15) is 0 Å². The van der Waals surface area contributed by atoms with Crippen molar-refractivity contribution < 1.29 is 4.79 Å². The molecule has 1 aliphatic rings. The van der Waals surface area contributed by atoms with Gasteiger partial charge in [0.25, 0.3) is 5.91 Å². The van der Waals surface area contributed by atoms with Crippen molar-refractivity contribution in [3.8, 4) is 0 Å². The fourth-order valence-corrected chi connectivity index (χ4v) is 3.30. The molecule has 1 amide bonds. The molecule has 1 N–H and O–H groups in total. The van der Waals surface area contributed by atoms with Crippen LogP contribution in [0.5, 0.6) is 0 Å². The highest BCUT2D eigenvalue weighted by molar-refractivity contribution is 5.99. The van der Waals surface area contributed by atoms with Crippen LogP contribution in [0.1, 0.15) is 47.6 Å². The van der Waals surface area contributed by atoms with Gasteiger partial charge in [0.15, 0.2) is 5.69 Å². The normalized spacial score (nSPS) is 15.2. The van der Waals surface area contributed by atoms with Crippen LogP contribution in [0, 0.1) is 5.92 Å². The van der Waals surface area contributed by atoms with E-state index in [9.17, 15) is 4.79 Å². The predicted molar refractivity (Wildman–Crippen MR) is 98.8 cm³/mol. The Kier molecular flexibility index (Phi) is 4.26. The third-order valence-electron chi connectivity index (χ3n) is 4.77. The molecule has 0 bridgehead atoms. The molecule has 0 saturated heterocycles. The molecule has 1 aliphatic carbocycles. The highest BCUT2D eigenvalue weighted by Gasteiger charge is 2.30. The highest BCUT2D eigenvalue weighted by atomic mass is 16.1. The summed E-state index contributed by atoms with van der Waals surface area (Å²) >= 11 is 0. The van der Waals surface area contributed by atoms with Gasteiger partial charge in [-0.15, -0.1) is 0 Å². The van der Waals surface area contributed by atoms with E-state index in [0.29, 0.717) is 24.1 Å². The molecule has 0 aliphatic heterocycles. The molecule has 4 rings (SSSR count). The van der Waals surface area contributed by atoms with Crippen molar-refractivity contribution in [2.24, 2.45) is 5.92 Å². The summed E-state index contributed by atoms with van der Waals surface area (Å²) < 4.78 is 2.07. The van der Waals surface area contributed by atoms with Crippen molar-refractivity contribution in [2.45, 2.75) is 32.1 Å². The van der Waals surface area contributed by atoms with Crippen LogP contribution >= 0.6 is 0 Å². The number of carbonyl (C=O) groups excluding carboxylic acids is 1. The zero-order valence-electron chi connectivity index (χ0n) is 14.5. The zero-order valence-corrected chi connectivity index (χ0v) is 14.5. The fourth-order valence-electron chi connectivity index (χ4n) is 3.30. The Labute approximate surface area is 147 Å². The molecule has 1 fully saturated rings. The van der Waals surface area contributed by atoms with Crippen LogP contribution in [0.4, 0.5) is 0 Å². The number of hydrogen-bond acceptors (Lipinski definition) is 2. The smallest absolute Gasteiger partial charge is 0.272 e. The molecule has 4 heteroatoms. The number of rotatable bonds is 6. The number of carbonyl (C=O) groups is 1. The van der Waals surface area contributed by atoms with Gasteiger partial charge < -0.3 is 9.72 Å². The number of amides is 1. The minimum atomic E-state index is -0.0736. The van der Waals surface area contributed by atoms with Crippen LogP contribution in [0.25, 0.3) is 5.52 Å². The molecule has 2 heterocycles. The minimum absolute atomic E-state index is 0.0736. The van der Waals surface area contributed by atoms with E-state index in [4.69, 9.17) is 0 Å². The number of imidazole rings is 1. The number of nitrogens with one attached hydrogen (secondary N) is 1. The van der Waals surface area contributed by atoms with Crippen molar-refractivity contribution in [3.05, 3.63) is 71.8 Å². The molecular weight excluding hydrogens is 310 g/mol. The van der Waals surface area contributed by atoms with Gasteiger partial charge in [-0.05, 0) is 42.9 Å². The van der Waals surface area contributed by atoms with Crippen LogP contribution in [-0.2, 0) is 6.42 Å². The largest absolute Gasteiger partial charge is 0.350 e. The molecule has 3 aromatic rings. The Hall–Kier alpha value is -2.62. The third kappa shape index (κ3) is 3.43. The standard InChI is InChI=1S/C21H23N3O/c1-15(13-16-7-3-2-4-8-16)14-22-21(25)19-18-9-5-6-12-24(18)20(23-19)17-10-11-17/h2-9,12,15,17H,10-11,13-14H2,1H3,(H,22,25). The lowest BCUT2D eigenvalue weighted by atomic mass is 10.0. The molecule has 2 aromatic heterocycles. The van der Waals surface area contributed by atoms with Gasteiger partial charge in [-0.3, -0.25) is 4.79 Å². The maximum absolute atomic E-state index is 12.7. The Morgan fingerprint density at radius 3 is 2.72 bits per heavy atom. The van der Waals surface area contributed by atoms with Crippen LogP contribution in [-0.4, -0.2) is 21.8 Å². The van der Waals surface area contributed by atoms with E-state index in [-0.39, 0.29) is 5.91 Å². The quantitative estimate of drug-likeness (QED) is 0.745. The average Bonchev–Trinajstić information content (AvgIpc) is 3.41. The summed E-state index contributed by atoms with van der Waals surface area (Å²) in [4.78, 5) is 17.3. The topological polar surface area (TPSA) is 46.4 Å². The molecular formula is C21H23N3O. The molecule has 128 valence electrons. The van der Waals surface area contributed by atoms with Crippen molar-refractivity contribution in [2.75, 3.05) is 6.54 Å². The molecule has 1 saturated carbocycles. The van der Waals surface area contributed by atoms with E-state index in [1.54, 1.807) is 0 Å². The second-order valence-electron chi connectivity index (χ2n) is 7.05. The molecule has 1 atom stereocenters. The maximum Gasteiger partial charge on any atom is 0.272 e. The molecule has 0 radical (unpaired) electrons. The van der Waals surface area contributed by atoms with E-state index in [1.165, 1.54) is 18.4 Å². The Bertz CT molecular complexity index is 881. The number of pyridine rings is 1. The van der Waals surface area contributed by atoms with Gasteiger partial charge in [0.05, 0.1) is 5.52 Å². The van der Waals surface area contributed by atoms with E-state index < -0.39 is 0 Å². The second kappa shape index (κ2) is 6.71. The molecule has 1 aromatic carbocycles. The summed E-state index contributed by atoms with van der Waals surface area (Å²) in [6, 6.07) is 16.3. The van der Waals surface area contributed by atoms with Crippen molar-refractivity contribution in [1.82, 2.24) is 14.7 Å². The first-order valence-electron chi connectivity index (χ1n) is 9.01. The predicted octanol–water partition coefficient (Wildman–Crippen LogP) is 3.82. The monoisotopic (exact) mass is 333 g/mol. The second-order valence-corrected chi connectivity index (χ2v) is 7.05. The Morgan fingerprint density at radius 1 is 1.20 bits per heavy atom. The summed E-state index contributed by atoms with van der Waals surface area (Å²) in [5.74, 6) is 1.84. The van der Waals surface area contributed by atoms with Gasteiger partial charge in [0.1, 0.15) is 5.82 Å². The summed E-state index contributed by atoms with van der Waals surface area (Å²) in [6.07, 6.45) is 5.30. The average molecular weight is 333 g/mol. The van der Waals surface area contributed by atoms with Gasteiger partial charge in [-0.1, -0.05) is 43.3 Å². The van der Waals surface area contributed by atoms with E-state index in [2.05, 4.69) is 45.9 Å². The van der Waals surface area contributed by atoms with Crippen molar-refractivity contribution in [3.63, 3.8) is 0 Å². The zero-order chi connectivity index (χ0) is 17.2. The Balaban J connectivity index is 1.45. The van der Waals surface area contributed by atoms with Crippen LogP contribution < -0.4 is 5.32 Å². The first kappa shape index (κ1) is 15.9. The van der Waals surface area contributed by atoms with E-state index in [1.807, 2.05) is 30.5 Å². The van der Waals surface area contributed by atoms with E-state index in [0.717, 1.165) is 17.8 Å². The number of nitrogens with zero attached hydrogens (tertiary/aromatic N) is 2. The summed E-state index contributed by atoms with van der Waals surface area (Å²) in [7, 11) is 0. The highest BCUT2D eigenvalue weighted by Crippen LogP contribution is 2.39. The lowest BCUT2D eigenvalue weighted by Gasteiger charge is -2.12. The molecule has 4 nitrogen and oxygen atoms in total. The molecule has 1 unspecified atom stereocenters. The maximum atomic E-state index is 12.7. The minimum Gasteiger partial charge on any atom is -0.350 e. The lowest BCUT2D eigenvalue weighted by molar-refractivity contribution is 0.0945. The summed E-state index contributed by atoms with van der Waals surface area (Å²) in [6.45, 7) is 2.81. The SMILES string of the molecule is CC(CNC(=O)c1nc(C2CC2)n2ccccc12)Cc1ccccc1. The van der Waals surface area contributed by atoms with Crippen LogP contribution in [0.3, 0.4) is 0 Å². The van der Waals surface area contributed by atoms with Crippen LogP contribution in [0.2, 0.25) is 0 Å². The first-order chi connectivity index (χ1) is 12.2. The number of fused-ring (bicyclic) bond motifs is 1. The number of benzene rings is 1. The van der Waals surface area contributed by atoms with Gasteiger partial charge in [-0.25, -0.2) is 4.98 Å². The third-order valence-corrected chi connectivity index (χ3v) is 4.77. The van der Waals surface area contributed by atoms with Gasteiger partial charge in [0.2, 0.25) is 0 Å². The molecule has 25 heavy (non-hydrogen) atoms. The number of hydrogen-bond donors (Lipinski definition) is 1. The van der Waals surface area contributed by atoms with Crippen molar-refractivity contribution >= 4 is 11.4 Å². The number of aromatic nitrogens is 2. The van der Waals surface area contributed by atoms with Crippen molar-refractivity contribution in [1.29, 1.82) is 0 Å². The summed E-state index contributed by atoms with van der Waals surface area (Å²) in [5.41, 5.74) is 2.75. The fraction of sp³-hybridized carbons (Fsp3) is 0.333. The first-order valence-corrected chi connectivity index (χ1v) is 9.01. The summed E-state index contributed by atoms with van der Waals surface area (Å²) in [5, 5.41) is 3.07. The van der Waals surface area contributed by atoms with Gasteiger partial charge >= 0.3 is 0 Å². The molecule has 0 spiro atoms. The van der Waals surface area contributed by atoms with Gasteiger partial charge in [0, 0.05) is 18.7 Å². The lowest BCUT2D eigenvalue weighted by Crippen LogP contribution is -2.29. The Morgan fingerprint density at radius 2 is 1.96 bits per heavy atom.